The highest BCUT2D eigenvalue weighted by Gasteiger charge is 2.14. The Labute approximate surface area is 189 Å². The van der Waals surface area contributed by atoms with Gasteiger partial charge >= 0.3 is 5.97 Å². The predicted molar refractivity (Wildman–Crippen MR) is 122 cm³/mol. The van der Waals surface area contributed by atoms with Crippen LogP contribution in [0.1, 0.15) is 18.1 Å². The third-order valence-corrected chi connectivity index (χ3v) is 5.31. The van der Waals surface area contributed by atoms with Gasteiger partial charge in [0.2, 0.25) is 0 Å². The zero-order chi connectivity index (χ0) is 22.9. The molecule has 1 amide bonds. The molecule has 0 spiro atoms. The van der Waals surface area contributed by atoms with E-state index in [9.17, 15) is 9.59 Å². The summed E-state index contributed by atoms with van der Waals surface area (Å²) < 4.78 is 7.17. The van der Waals surface area contributed by atoms with Gasteiger partial charge in [0.05, 0.1) is 12.0 Å². The molecule has 10 heteroatoms. The zero-order valence-corrected chi connectivity index (χ0v) is 18.5. The number of carboxylic acid groups (broad SMARTS) is 1. The van der Waals surface area contributed by atoms with Crippen molar-refractivity contribution >= 4 is 29.9 Å². The normalized spacial score (nSPS) is 10.9. The summed E-state index contributed by atoms with van der Waals surface area (Å²) in [6.45, 7) is 4.24. The van der Waals surface area contributed by atoms with E-state index in [1.54, 1.807) is 24.3 Å². The molecule has 3 rings (SSSR count). The van der Waals surface area contributed by atoms with Gasteiger partial charge in [-0.2, -0.15) is 5.10 Å². The number of benzene rings is 2. The van der Waals surface area contributed by atoms with Gasteiger partial charge in [0.25, 0.3) is 5.91 Å². The average Bonchev–Trinajstić information content (AvgIpc) is 3.20. The number of nitrogens with zero attached hydrogens (tertiary/aromatic N) is 4. The molecule has 0 unspecified atom stereocenters. The monoisotopic (exact) mass is 453 g/mol. The predicted octanol–water partition coefficient (Wildman–Crippen LogP) is 2.98. The number of hydrogen-bond acceptors (Lipinski definition) is 7. The van der Waals surface area contributed by atoms with Crippen molar-refractivity contribution in [1.29, 1.82) is 0 Å². The second kappa shape index (κ2) is 11.1. The Morgan fingerprint density at radius 3 is 2.66 bits per heavy atom. The van der Waals surface area contributed by atoms with E-state index in [0.29, 0.717) is 23.0 Å². The topological polar surface area (TPSA) is 119 Å². The maximum absolute atomic E-state index is 12.2. The molecule has 1 heterocycles. The summed E-state index contributed by atoms with van der Waals surface area (Å²) >= 11 is 1.27. The Balaban J connectivity index is 1.58. The van der Waals surface area contributed by atoms with Crippen LogP contribution in [0.2, 0.25) is 0 Å². The molecule has 0 aliphatic heterocycles. The maximum Gasteiger partial charge on any atom is 0.341 e. The second-order valence-corrected chi connectivity index (χ2v) is 7.66. The summed E-state index contributed by atoms with van der Waals surface area (Å²) in [6.07, 6.45) is 1.41. The highest BCUT2D eigenvalue weighted by molar-refractivity contribution is 7.99. The summed E-state index contributed by atoms with van der Waals surface area (Å²) in [6, 6.07) is 14.9. The smallest absolute Gasteiger partial charge is 0.341 e. The molecule has 0 bridgehead atoms. The van der Waals surface area contributed by atoms with Crippen molar-refractivity contribution in [3.8, 4) is 17.1 Å². The SMILES string of the molecule is CCn1c(SCC(=O)N/N=C\c2ccccc2OCC(=O)O)nnc1-c1ccc(C)cc1. The Hall–Kier alpha value is -3.66. The lowest BCUT2D eigenvalue weighted by Crippen LogP contribution is -2.20. The molecule has 166 valence electrons. The summed E-state index contributed by atoms with van der Waals surface area (Å²) in [5, 5.41) is 21.8. The van der Waals surface area contributed by atoms with E-state index in [4.69, 9.17) is 9.84 Å². The number of hydrazone groups is 1. The van der Waals surface area contributed by atoms with E-state index < -0.39 is 12.6 Å². The molecular formula is C22H23N5O4S. The number of carbonyl (C=O) groups excluding carboxylic acids is 1. The summed E-state index contributed by atoms with van der Waals surface area (Å²) in [5.41, 5.74) is 5.14. The highest BCUT2D eigenvalue weighted by Crippen LogP contribution is 2.24. The Bertz CT molecular complexity index is 1110. The quantitative estimate of drug-likeness (QED) is 0.275. The first kappa shape index (κ1) is 23.0. The fourth-order valence-electron chi connectivity index (χ4n) is 2.79. The number of carboxylic acids is 1. The Morgan fingerprint density at radius 1 is 1.19 bits per heavy atom. The van der Waals surface area contributed by atoms with Crippen molar-refractivity contribution in [2.24, 2.45) is 5.10 Å². The number of hydrogen-bond donors (Lipinski definition) is 2. The maximum atomic E-state index is 12.2. The summed E-state index contributed by atoms with van der Waals surface area (Å²) in [4.78, 5) is 22.9. The first-order valence-electron chi connectivity index (χ1n) is 9.86. The molecule has 0 fully saturated rings. The molecule has 32 heavy (non-hydrogen) atoms. The molecule has 3 aromatic rings. The van der Waals surface area contributed by atoms with Crippen LogP contribution in [-0.2, 0) is 16.1 Å². The zero-order valence-electron chi connectivity index (χ0n) is 17.7. The molecule has 9 nitrogen and oxygen atoms in total. The molecule has 0 radical (unpaired) electrons. The van der Waals surface area contributed by atoms with Gasteiger partial charge in [0, 0.05) is 17.7 Å². The van der Waals surface area contributed by atoms with Crippen LogP contribution in [0.5, 0.6) is 5.75 Å². The molecule has 0 atom stereocenters. The van der Waals surface area contributed by atoms with Crippen molar-refractivity contribution in [3.63, 3.8) is 0 Å². The number of aromatic nitrogens is 3. The molecule has 1 aromatic heterocycles. The van der Waals surface area contributed by atoms with Crippen LogP contribution in [0.3, 0.4) is 0 Å². The number of aryl methyl sites for hydroxylation is 1. The largest absolute Gasteiger partial charge is 0.481 e. The van der Waals surface area contributed by atoms with Gasteiger partial charge in [-0.25, -0.2) is 10.2 Å². The lowest BCUT2D eigenvalue weighted by Gasteiger charge is -2.07. The minimum atomic E-state index is -1.08. The van der Waals surface area contributed by atoms with Crippen LogP contribution in [-0.4, -0.2) is 50.3 Å². The van der Waals surface area contributed by atoms with E-state index >= 15 is 0 Å². The van der Waals surface area contributed by atoms with Crippen LogP contribution in [0.4, 0.5) is 0 Å². The average molecular weight is 454 g/mol. The van der Waals surface area contributed by atoms with E-state index in [2.05, 4.69) is 20.7 Å². The summed E-state index contributed by atoms with van der Waals surface area (Å²) in [7, 11) is 0. The van der Waals surface area contributed by atoms with Gasteiger partial charge in [-0.1, -0.05) is 53.7 Å². The number of rotatable bonds is 10. The van der Waals surface area contributed by atoms with Gasteiger partial charge in [0.15, 0.2) is 17.6 Å². The number of thioether (sulfide) groups is 1. The third-order valence-electron chi connectivity index (χ3n) is 4.34. The fourth-order valence-corrected chi connectivity index (χ4v) is 3.59. The van der Waals surface area contributed by atoms with E-state index in [1.807, 2.05) is 42.7 Å². The summed E-state index contributed by atoms with van der Waals surface area (Å²) in [5.74, 6) is -0.154. The molecule has 2 aromatic carbocycles. The Kier molecular flexibility index (Phi) is 7.98. The number of para-hydroxylation sites is 1. The van der Waals surface area contributed by atoms with Crippen molar-refractivity contribution in [2.75, 3.05) is 12.4 Å². The van der Waals surface area contributed by atoms with Crippen molar-refractivity contribution in [1.82, 2.24) is 20.2 Å². The molecule has 2 N–H and O–H groups in total. The second-order valence-electron chi connectivity index (χ2n) is 6.72. The lowest BCUT2D eigenvalue weighted by atomic mass is 10.1. The highest BCUT2D eigenvalue weighted by atomic mass is 32.2. The van der Waals surface area contributed by atoms with Gasteiger partial charge < -0.3 is 14.4 Å². The fraction of sp³-hybridized carbons (Fsp3) is 0.227. The molecule has 0 saturated carbocycles. The number of aliphatic carboxylic acids is 1. The number of amides is 1. The van der Waals surface area contributed by atoms with E-state index in [0.717, 1.165) is 11.4 Å². The molecule has 0 aliphatic carbocycles. The van der Waals surface area contributed by atoms with Crippen LogP contribution in [0.25, 0.3) is 11.4 Å². The molecular weight excluding hydrogens is 430 g/mol. The van der Waals surface area contributed by atoms with Crippen LogP contribution >= 0.6 is 11.8 Å². The standard InChI is InChI=1S/C22H23N5O4S/c1-3-27-21(16-10-8-15(2)9-11-16)25-26-22(27)32-14-19(28)24-23-12-17-6-4-5-7-18(17)31-13-20(29)30/h4-12H,3,13-14H2,1-2H3,(H,24,28)(H,29,30)/b23-12-. The lowest BCUT2D eigenvalue weighted by molar-refractivity contribution is -0.139. The van der Waals surface area contributed by atoms with E-state index in [-0.39, 0.29) is 11.7 Å². The minimum absolute atomic E-state index is 0.112. The van der Waals surface area contributed by atoms with Crippen molar-refractivity contribution in [2.45, 2.75) is 25.5 Å². The Morgan fingerprint density at radius 2 is 1.94 bits per heavy atom. The van der Waals surface area contributed by atoms with Crippen molar-refractivity contribution < 1.29 is 19.4 Å². The van der Waals surface area contributed by atoms with Crippen LogP contribution in [0.15, 0.2) is 58.8 Å². The number of carbonyl (C=O) groups is 2. The van der Waals surface area contributed by atoms with Gasteiger partial charge in [-0.15, -0.1) is 10.2 Å². The number of nitrogens with one attached hydrogen (secondary N) is 1. The van der Waals surface area contributed by atoms with Gasteiger partial charge in [-0.3, -0.25) is 4.79 Å². The number of ether oxygens (including phenoxy) is 1. The first-order valence-corrected chi connectivity index (χ1v) is 10.8. The van der Waals surface area contributed by atoms with Gasteiger partial charge in [-0.05, 0) is 26.0 Å². The minimum Gasteiger partial charge on any atom is -0.481 e. The third kappa shape index (κ3) is 6.17. The molecule has 0 aliphatic rings. The van der Waals surface area contributed by atoms with Crippen molar-refractivity contribution in [3.05, 3.63) is 59.7 Å². The van der Waals surface area contributed by atoms with E-state index in [1.165, 1.54) is 23.5 Å². The first-order chi connectivity index (χ1) is 15.5. The van der Waals surface area contributed by atoms with Crippen LogP contribution in [0, 0.1) is 6.92 Å². The van der Waals surface area contributed by atoms with Gasteiger partial charge in [0.1, 0.15) is 5.75 Å². The van der Waals surface area contributed by atoms with Crippen LogP contribution < -0.4 is 10.2 Å². The molecule has 0 saturated heterocycles.